The van der Waals surface area contributed by atoms with Gasteiger partial charge in [0.1, 0.15) is 12.3 Å². The van der Waals surface area contributed by atoms with Crippen LogP contribution in [0.4, 0.5) is 8.78 Å². The summed E-state index contributed by atoms with van der Waals surface area (Å²) in [6.45, 7) is -1.41. The number of halogens is 2. The van der Waals surface area contributed by atoms with Crippen molar-refractivity contribution in [1.82, 2.24) is 0 Å². The minimum absolute atomic E-state index is 0.0902. The van der Waals surface area contributed by atoms with Gasteiger partial charge >= 0.3 is 6.61 Å². The standard InChI is InChI=1S/C16H17F2NO3/c1-16(19,20)12-7-8-13(22-15(17)18)14(9-12)21-10-11-5-3-2-4-6-11/h2-9,15,20H,10,19H2,1H3. The molecule has 0 saturated carbocycles. The number of hydrogen-bond donors (Lipinski definition) is 2. The monoisotopic (exact) mass is 309 g/mol. The number of ether oxygens (including phenoxy) is 2. The van der Waals surface area contributed by atoms with Crippen molar-refractivity contribution in [3.63, 3.8) is 0 Å². The van der Waals surface area contributed by atoms with Gasteiger partial charge < -0.3 is 20.3 Å². The van der Waals surface area contributed by atoms with Crippen LogP contribution in [0.25, 0.3) is 0 Å². The van der Waals surface area contributed by atoms with Crippen LogP contribution in [-0.2, 0) is 12.3 Å². The van der Waals surface area contributed by atoms with Crippen molar-refractivity contribution < 1.29 is 23.4 Å². The summed E-state index contributed by atoms with van der Waals surface area (Å²) in [5.74, 6) is -0.0219. The fourth-order valence-corrected chi connectivity index (χ4v) is 1.86. The third-order valence-electron chi connectivity index (χ3n) is 2.98. The molecule has 2 rings (SSSR count). The van der Waals surface area contributed by atoms with E-state index in [1.165, 1.54) is 25.1 Å². The van der Waals surface area contributed by atoms with E-state index in [4.69, 9.17) is 10.5 Å². The second kappa shape index (κ2) is 6.72. The largest absolute Gasteiger partial charge is 0.485 e. The summed E-state index contributed by atoms with van der Waals surface area (Å²) in [6.07, 6.45) is 0. The van der Waals surface area contributed by atoms with Gasteiger partial charge in [0.05, 0.1) is 0 Å². The van der Waals surface area contributed by atoms with Crippen LogP contribution in [0.2, 0.25) is 0 Å². The van der Waals surface area contributed by atoms with Crippen molar-refractivity contribution in [3.8, 4) is 11.5 Å². The highest BCUT2D eigenvalue weighted by atomic mass is 19.3. The first-order valence-corrected chi connectivity index (χ1v) is 6.63. The number of nitrogens with two attached hydrogens (primary N) is 1. The van der Waals surface area contributed by atoms with E-state index >= 15 is 0 Å². The van der Waals surface area contributed by atoms with E-state index in [1.807, 2.05) is 30.3 Å². The average molecular weight is 309 g/mol. The van der Waals surface area contributed by atoms with Crippen molar-refractivity contribution in [2.75, 3.05) is 0 Å². The summed E-state index contributed by atoms with van der Waals surface area (Å²) < 4.78 is 34.8. The Kier molecular flexibility index (Phi) is 4.95. The lowest BCUT2D eigenvalue weighted by Crippen LogP contribution is -2.32. The molecule has 2 aromatic rings. The first-order chi connectivity index (χ1) is 10.4. The lowest BCUT2D eigenvalue weighted by Gasteiger charge is -2.20. The summed E-state index contributed by atoms with van der Waals surface area (Å²) in [5, 5.41) is 9.80. The normalized spacial score (nSPS) is 13.7. The quantitative estimate of drug-likeness (QED) is 0.805. The Balaban J connectivity index is 2.24. The maximum absolute atomic E-state index is 12.4. The van der Waals surface area contributed by atoms with E-state index in [2.05, 4.69) is 4.74 Å². The van der Waals surface area contributed by atoms with Gasteiger partial charge in [-0.1, -0.05) is 36.4 Å². The maximum Gasteiger partial charge on any atom is 0.387 e. The molecule has 1 unspecified atom stereocenters. The third kappa shape index (κ3) is 4.41. The minimum Gasteiger partial charge on any atom is -0.485 e. The first-order valence-electron chi connectivity index (χ1n) is 6.63. The summed E-state index contributed by atoms with van der Waals surface area (Å²) in [4.78, 5) is 0. The molecule has 118 valence electrons. The zero-order valence-corrected chi connectivity index (χ0v) is 12.0. The molecule has 2 aromatic carbocycles. The molecule has 4 nitrogen and oxygen atoms in total. The molecule has 0 aromatic heterocycles. The number of alkyl halides is 2. The van der Waals surface area contributed by atoms with Gasteiger partial charge in [0.25, 0.3) is 0 Å². The van der Waals surface area contributed by atoms with Crippen molar-refractivity contribution in [1.29, 1.82) is 0 Å². The number of aliphatic hydroxyl groups is 1. The molecule has 1 atom stereocenters. The number of hydrogen-bond acceptors (Lipinski definition) is 4. The molecule has 6 heteroatoms. The van der Waals surface area contributed by atoms with Crippen LogP contribution in [0.3, 0.4) is 0 Å². The Morgan fingerprint density at radius 1 is 1.14 bits per heavy atom. The summed E-state index contributed by atoms with van der Waals surface area (Å²) >= 11 is 0. The minimum atomic E-state index is -2.97. The van der Waals surface area contributed by atoms with Crippen LogP contribution in [0.1, 0.15) is 18.1 Å². The van der Waals surface area contributed by atoms with Gasteiger partial charge in [0.15, 0.2) is 11.5 Å². The Morgan fingerprint density at radius 3 is 2.41 bits per heavy atom. The van der Waals surface area contributed by atoms with Gasteiger partial charge in [-0.25, -0.2) is 0 Å². The Hall–Kier alpha value is -2.18. The summed E-state index contributed by atoms with van der Waals surface area (Å²) in [5.41, 5.74) is 5.19. The molecule has 3 N–H and O–H groups in total. The molecule has 0 amide bonds. The predicted molar refractivity (Wildman–Crippen MR) is 77.6 cm³/mol. The van der Waals surface area contributed by atoms with E-state index in [-0.39, 0.29) is 18.1 Å². The van der Waals surface area contributed by atoms with Gasteiger partial charge in [-0.3, -0.25) is 0 Å². The molecular formula is C16H17F2NO3. The molecule has 0 heterocycles. The second-order valence-electron chi connectivity index (χ2n) is 4.96. The third-order valence-corrected chi connectivity index (χ3v) is 2.98. The van der Waals surface area contributed by atoms with E-state index in [1.54, 1.807) is 0 Å². The van der Waals surface area contributed by atoms with Gasteiger partial charge in [-0.15, -0.1) is 0 Å². The fourth-order valence-electron chi connectivity index (χ4n) is 1.86. The van der Waals surface area contributed by atoms with E-state index in [0.717, 1.165) is 5.56 Å². The van der Waals surface area contributed by atoms with Crippen molar-refractivity contribution in [2.45, 2.75) is 25.9 Å². The average Bonchev–Trinajstić information content (AvgIpc) is 2.45. The van der Waals surface area contributed by atoms with Crippen molar-refractivity contribution in [2.24, 2.45) is 5.73 Å². The van der Waals surface area contributed by atoms with Crippen molar-refractivity contribution in [3.05, 3.63) is 59.7 Å². The summed E-state index contributed by atoms with van der Waals surface area (Å²) in [6, 6.07) is 13.3. The van der Waals surface area contributed by atoms with Crippen LogP contribution < -0.4 is 15.2 Å². The number of rotatable bonds is 6. The molecule has 0 radical (unpaired) electrons. The fraction of sp³-hybridized carbons (Fsp3) is 0.250. The van der Waals surface area contributed by atoms with E-state index < -0.39 is 12.3 Å². The number of benzene rings is 2. The molecule has 0 saturated heterocycles. The van der Waals surface area contributed by atoms with Crippen LogP contribution >= 0.6 is 0 Å². The lowest BCUT2D eigenvalue weighted by atomic mass is 10.1. The topological polar surface area (TPSA) is 64.7 Å². The van der Waals surface area contributed by atoms with Crippen LogP contribution in [0.5, 0.6) is 11.5 Å². The smallest absolute Gasteiger partial charge is 0.387 e. The highest BCUT2D eigenvalue weighted by Crippen LogP contribution is 2.32. The molecule has 0 aliphatic carbocycles. The van der Waals surface area contributed by atoms with Gasteiger partial charge in [-0.05, 0) is 24.6 Å². The van der Waals surface area contributed by atoms with Gasteiger partial charge in [0, 0.05) is 5.56 Å². The molecule has 0 aliphatic heterocycles. The molecule has 22 heavy (non-hydrogen) atoms. The van der Waals surface area contributed by atoms with Crippen molar-refractivity contribution >= 4 is 0 Å². The Labute approximate surface area is 127 Å². The Morgan fingerprint density at radius 2 is 1.82 bits per heavy atom. The molecule has 0 bridgehead atoms. The zero-order chi connectivity index (χ0) is 16.2. The van der Waals surface area contributed by atoms with Crippen LogP contribution in [-0.4, -0.2) is 11.7 Å². The zero-order valence-electron chi connectivity index (χ0n) is 12.0. The van der Waals surface area contributed by atoms with Gasteiger partial charge in [0.2, 0.25) is 0 Å². The molecule has 0 spiro atoms. The molecule has 0 fully saturated rings. The SMILES string of the molecule is CC(N)(O)c1ccc(OC(F)F)c(OCc2ccccc2)c1. The van der Waals surface area contributed by atoms with Gasteiger partial charge in [-0.2, -0.15) is 8.78 Å². The second-order valence-corrected chi connectivity index (χ2v) is 4.96. The maximum atomic E-state index is 12.4. The Bertz CT molecular complexity index is 613. The van der Waals surface area contributed by atoms with Crippen LogP contribution in [0.15, 0.2) is 48.5 Å². The molecular weight excluding hydrogens is 292 g/mol. The highest BCUT2D eigenvalue weighted by molar-refractivity contribution is 5.44. The van der Waals surface area contributed by atoms with E-state index in [9.17, 15) is 13.9 Å². The van der Waals surface area contributed by atoms with E-state index in [0.29, 0.717) is 5.56 Å². The highest BCUT2D eigenvalue weighted by Gasteiger charge is 2.20. The molecule has 0 aliphatic rings. The predicted octanol–water partition coefficient (Wildman–Crippen LogP) is 2.99. The lowest BCUT2D eigenvalue weighted by molar-refractivity contribution is -0.0516. The first kappa shape index (κ1) is 16.2. The summed E-state index contributed by atoms with van der Waals surface area (Å²) in [7, 11) is 0. The van der Waals surface area contributed by atoms with Crippen LogP contribution in [0, 0.1) is 0 Å².